The summed E-state index contributed by atoms with van der Waals surface area (Å²) in [7, 11) is -17.2. The first kappa shape index (κ1) is 21.4. The van der Waals surface area contributed by atoms with E-state index in [1.54, 1.807) is 0 Å². The zero-order chi connectivity index (χ0) is 17.9. The first-order chi connectivity index (χ1) is 10.3. The molecule has 0 radical (unpaired) electrons. The van der Waals surface area contributed by atoms with Crippen molar-refractivity contribution in [3.05, 3.63) is 0 Å². The molecule has 138 valence electrons. The van der Waals surface area contributed by atoms with Crippen LogP contribution in [0.4, 0.5) is 0 Å². The van der Waals surface area contributed by atoms with Crippen molar-refractivity contribution in [1.29, 1.82) is 0 Å². The van der Waals surface area contributed by atoms with Crippen molar-refractivity contribution < 1.29 is 56.3 Å². The monoisotopic (exact) mass is 397 g/mol. The summed E-state index contributed by atoms with van der Waals surface area (Å²) in [5.74, 6) is 0. The highest BCUT2D eigenvalue weighted by molar-refractivity contribution is 7.65. The second kappa shape index (κ2) is 8.14. The average molecular weight is 397 g/mol. The number of phosphoric ester groups is 1. The predicted octanol–water partition coefficient (Wildman–Crippen LogP) is -1.25. The number of hydrogen-bond acceptors (Lipinski definition) is 11. The van der Waals surface area contributed by atoms with E-state index >= 15 is 0 Å². The van der Waals surface area contributed by atoms with Crippen LogP contribution in [0.25, 0.3) is 0 Å². The van der Waals surface area contributed by atoms with Crippen LogP contribution < -0.4 is 14.7 Å². The Morgan fingerprint density at radius 1 is 1.17 bits per heavy atom. The molecule has 6 unspecified atom stereocenters. The van der Waals surface area contributed by atoms with Gasteiger partial charge >= 0.3 is 0 Å². The van der Waals surface area contributed by atoms with Gasteiger partial charge in [-0.3, -0.25) is 13.7 Å². The van der Waals surface area contributed by atoms with Gasteiger partial charge < -0.3 is 33.9 Å². The fourth-order valence-electron chi connectivity index (χ4n) is 1.92. The third-order valence-electron chi connectivity index (χ3n) is 2.71. The standard InChI is InChI=1S/C8H19O12P3/c1-2-3-6-4-7(9)8(18-6)5-17-22(13,14)20-23(15,16)19-21(10,11)12/h6-9H,2-5H2,1H3,(H,13,14)(H,15,16)(H2,10,11,12)/p-3. The second-order valence-electron chi connectivity index (χ2n) is 4.71. The summed E-state index contributed by atoms with van der Waals surface area (Å²) in [5.41, 5.74) is 0. The molecule has 0 aliphatic carbocycles. The molecule has 1 saturated heterocycles. The number of phosphoric acid groups is 3. The summed E-state index contributed by atoms with van der Waals surface area (Å²) in [6, 6.07) is 0. The van der Waals surface area contributed by atoms with Gasteiger partial charge in [-0.1, -0.05) is 13.3 Å². The number of ether oxygens (including phenoxy) is 1. The van der Waals surface area contributed by atoms with Crippen molar-refractivity contribution in [2.75, 3.05) is 6.61 Å². The van der Waals surface area contributed by atoms with Crippen molar-refractivity contribution in [2.24, 2.45) is 0 Å². The van der Waals surface area contributed by atoms with Gasteiger partial charge in [-0.15, -0.1) is 0 Å². The Kier molecular flexibility index (Phi) is 7.56. The van der Waals surface area contributed by atoms with E-state index in [0.717, 1.165) is 6.42 Å². The van der Waals surface area contributed by atoms with Crippen LogP contribution in [0.15, 0.2) is 0 Å². The summed E-state index contributed by atoms with van der Waals surface area (Å²) in [6.45, 7) is 1.15. The normalized spacial score (nSPS) is 32.9. The highest BCUT2D eigenvalue weighted by atomic mass is 31.3. The summed E-state index contributed by atoms with van der Waals surface area (Å²) in [4.78, 5) is 40.8. The molecule has 0 bridgehead atoms. The molecule has 0 saturated carbocycles. The molecule has 6 atom stereocenters. The minimum Gasteiger partial charge on any atom is -0.756 e. The van der Waals surface area contributed by atoms with Crippen molar-refractivity contribution in [2.45, 2.75) is 44.5 Å². The van der Waals surface area contributed by atoms with Crippen LogP contribution in [-0.4, -0.2) is 34.9 Å². The summed E-state index contributed by atoms with van der Waals surface area (Å²) >= 11 is 0. The van der Waals surface area contributed by atoms with Gasteiger partial charge in [0.2, 0.25) is 0 Å². The molecule has 12 nitrogen and oxygen atoms in total. The van der Waals surface area contributed by atoms with E-state index in [0.29, 0.717) is 6.42 Å². The van der Waals surface area contributed by atoms with Gasteiger partial charge in [0.05, 0.1) is 18.8 Å². The fourth-order valence-corrected chi connectivity index (χ4v) is 4.82. The van der Waals surface area contributed by atoms with E-state index in [1.165, 1.54) is 0 Å². The Bertz CT molecular complexity index is 530. The Hall–Kier alpha value is 0.330. The maximum atomic E-state index is 11.3. The van der Waals surface area contributed by atoms with Crippen LogP contribution >= 0.6 is 23.5 Å². The number of aliphatic hydroxyl groups excluding tert-OH is 1. The first-order valence-electron chi connectivity index (χ1n) is 6.40. The van der Waals surface area contributed by atoms with Crippen LogP contribution in [0.2, 0.25) is 0 Å². The van der Waals surface area contributed by atoms with Gasteiger partial charge in [0.1, 0.15) is 6.10 Å². The Morgan fingerprint density at radius 2 is 1.78 bits per heavy atom. The number of rotatable bonds is 9. The van der Waals surface area contributed by atoms with Crippen molar-refractivity contribution >= 4 is 23.5 Å². The minimum absolute atomic E-state index is 0.263. The molecule has 0 aromatic rings. The van der Waals surface area contributed by atoms with E-state index in [1.807, 2.05) is 6.92 Å². The van der Waals surface area contributed by atoms with E-state index in [4.69, 9.17) is 9.63 Å². The largest absolute Gasteiger partial charge is 0.756 e. The molecular formula is C8H16O12P3-3. The van der Waals surface area contributed by atoms with Gasteiger partial charge in [-0.2, -0.15) is 0 Å². The van der Waals surface area contributed by atoms with Crippen LogP contribution in [0.3, 0.4) is 0 Å². The molecule has 0 amide bonds. The smallest absolute Gasteiger partial charge is 0.280 e. The van der Waals surface area contributed by atoms with Crippen LogP contribution in [-0.2, 0) is 31.6 Å². The van der Waals surface area contributed by atoms with E-state index < -0.39 is 42.3 Å². The minimum atomic E-state index is -5.91. The molecule has 1 rings (SSSR count). The Balaban J connectivity index is 2.54. The lowest BCUT2D eigenvalue weighted by molar-refractivity contribution is -0.250. The fraction of sp³-hybridized carbons (Fsp3) is 1.00. The van der Waals surface area contributed by atoms with E-state index in [2.05, 4.69) is 13.1 Å². The lowest BCUT2D eigenvalue weighted by Crippen LogP contribution is -2.27. The van der Waals surface area contributed by atoms with Crippen molar-refractivity contribution in [3.63, 3.8) is 0 Å². The summed E-state index contributed by atoms with van der Waals surface area (Å²) < 4.78 is 48.7. The SMILES string of the molecule is CCCC1CC(O)C(COP(=O)([O-])OP(=O)([O-])OP(=O)([O-])O)O1. The van der Waals surface area contributed by atoms with E-state index in [-0.39, 0.29) is 12.5 Å². The predicted molar refractivity (Wildman–Crippen MR) is 67.4 cm³/mol. The van der Waals surface area contributed by atoms with Crippen LogP contribution in [0, 0.1) is 0 Å². The van der Waals surface area contributed by atoms with Crippen LogP contribution in [0.5, 0.6) is 0 Å². The van der Waals surface area contributed by atoms with Crippen molar-refractivity contribution in [3.8, 4) is 0 Å². The van der Waals surface area contributed by atoms with Crippen molar-refractivity contribution in [1.82, 2.24) is 0 Å². The van der Waals surface area contributed by atoms with Gasteiger partial charge in [0, 0.05) is 6.42 Å². The van der Waals surface area contributed by atoms with Gasteiger partial charge in [-0.25, -0.2) is 8.62 Å². The molecule has 0 aromatic heterocycles. The molecule has 23 heavy (non-hydrogen) atoms. The number of aliphatic hydroxyl groups is 1. The zero-order valence-corrected chi connectivity index (χ0v) is 14.6. The molecule has 1 heterocycles. The topological polar surface area (TPSA) is 198 Å². The van der Waals surface area contributed by atoms with Gasteiger partial charge in [-0.05, 0) is 6.42 Å². The Labute approximate surface area is 131 Å². The lowest BCUT2D eigenvalue weighted by Gasteiger charge is -2.33. The molecule has 1 aliphatic heterocycles. The zero-order valence-electron chi connectivity index (χ0n) is 11.9. The molecule has 0 spiro atoms. The number of hydrogen-bond donors (Lipinski definition) is 2. The molecule has 2 N–H and O–H groups in total. The molecule has 1 fully saturated rings. The third-order valence-corrected chi connectivity index (χ3v) is 6.40. The van der Waals surface area contributed by atoms with Gasteiger partial charge in [0.15, 0.2) is 0 Å². The molecule has 1 aliphatic rings. The molecule has 15 heteroatoms. The average Bonchev–Trinajstić information content (AvgIpc) is 2.63. The highest BCUT2D eigenvalue weighted by Crippen LogP contribution is 2.61. The maximum absolute atomic E-state index is 11.3. The summed E-state index contributed by atoms with van der Waals surface area (Å²) in [6.07, 6.45) is -0.641. The Morgan fingerprint density at radius 3 is 2.30 bits per heavy atom. The highest BCUT2D eigenvalue weighted by Gasteiger charge is 2.35. The molecule has 0 aromatic carbocycles. The third kappa shape index (κ3) is 8.31. The lowest BCUT2D eigenvalue weighted by atomic mass is 10.1. The van der Waals surface area contributed by atoms with Gasteiger partial charge in [0.25, 0.3) is 23.5 Å². The molecular weight excluding hydrogens is 381 g/mol. The second-order valence-corrected chi connectivity index (χ2v) is 9.00. The quantitative estimate of drug-likeness (QED) is 0.439. The maximum Gasteiger partial charge on any atom is 0.280 e. The summed E-state index contributed by atoms with van der Waals surface area (Å²) in [5, 5.41) is 9.68. The van der Waals surface area contributed by atoms with Crippen LogP contribution in [0.1, 0.15) is 26.2 Å². The first-order valence-corrected chi connectivity index (χ1v) is 10.8. The van der Waals surface area contributed by atoms with E-state index in [9.17, 15) is 33.5 Å².